The van der Waals surface area contributed by atoms with E-state index in [1.165, 1.54) is 12.8 Å². The van der Waals surface area contributed by atoms with Gasteiger partial charge in [-0.15, -0.1) is 0 Å². The molecular formula is C16H25N3O. The quantitative estimate of drug-likeness (QED) is 0.614. The number of allylic oxidation sites excluding steroid dienone is 2. The maximum absolute atomic E-state index is 5.25. The first-order valence-electron chi connectivity index (χ1n) is 7.94. The van der Waals surface area contributed by atoms with Crippen LogP contribution in [0.1, 0.15) is 50.7 Å². The SMILES string of the molecule is CC(C)c1noc(CCCNC[C@@H]2C[C@H]3C=C[C@H]2C3)n1. The lowest BCUT2D eigenvalue weighted by Gasteiger charge is -2.18. The van der Waals surface area contributed by atoms with Crippen LogP contribution in [0.4, 0.5) is 0 Å². The Balaban J connectivity index is 1.31. The molecule has 1 aromatic heterocycles. The number of aromatic nitrogens is 2. The summed E-state index contributed by atoms with van der Waals surface area (Å²) in [4.78, 5) is 4.40. The second-order valence-electron chi connectivity index (χ2n) is 6.55. The van der Waals surface area contributed by atoms with Crippen LogP contribution in [0, 0.1) is 17.8 Å². The molecule has 0 spiro atoms. The Morgan fingerprint density at radius 2 is 2.25 bits per heavy atom. The molecule has 0 aliphatic heterocycles. The number of rotatable bonds is 7. The van der Waals surface area contributed by atoms with Crippen molar-refractivity contribution in [3.05, 3.63) is 23.9 Å². The second-order valence-corrected chi connectivity index (χ2v) is 6.55. The third kappa shape index (κ3) is 3.11. The van der Waals surface area contributed by atoms with E-state index in [0.29, 0.717) is 5.92 Å². The summed E-state index contributed by atoms with van der Waals surface area (Å²) in [5.41, 5.74) is 0. The number of nitrogens with one attached hydrogen (secondary N) is 1. The monoisotopic (exact) mass is 275 g/mol. The second kappa shape index (κ2) is 6.08. The van der Waals surface area contributed by atoms with Gasteiger partial charge in [-0.05, 0) is 50.1 Å². The molecule has 2 aliphatic rings. The number of aryl methyl sites for hydroxylation is 1. The van der Waals surface area contributed by atoms with Gasteiger partial charge in [-0.2, -0.15) is 4.98 Å². The standard InChI is InChI=1S/C16H25N3O/c1-11(2)16-18-15(20-19-16)4-3-7-17-10-14-9-12-5-6-13(14)8-12/h5-6,11-14,17H,3-4,7-10H2,1-2H3/t12-,13-,14-/m0/s1. The van der Waals surface area contributed by atoms with Gasteiger partial charge in [-0.25, -0.2) is 0 Å². The summed E-state index contributed by atoms with van der Waals surface area (Å²) in [6, 6.07) is 0. The maximum Gasteiger partial charge on any atom is 0.226 e. The first kappa shape index (κ1) is 13.8. The van der Waals surface area contributed by atoms with Crippen LogP contribution in [-0.4, -0.2) is 23.2 Å². The fourth-order valence-corrected chi connectivity index (χ4v) is 3.39. The largest absolute Gasteiger partial charge is 0.339 e. The summed E-state index contributed by atoms with van der Waals surface area (Å²) in [6.07, 6.45) is 9.55. The summed E-state index contributed by atoms with van der Waals surface area (Å²) in [6.45, 7) is 6.36. The molecule has 1 saturated carbocycles. The molecule has 0 amide bonds. The van der Waals surface area contributed by atoms with Crippen molar-refractivity contribution in [2.45, 2.75) is 45.4 Å². The first-order chi connectivity index (χ1) is 9.72. The van der Waals surface area contributed by atoms with Crippen LogP contribution < -0.4 is 5.32 Å². The molecule has 110 valence electrons. The van der Waals surface area contributed by atoms with Gasteiger partial charge in [0.25, 0.3) is 0 Å². The highest BCUT2D eigenvalue weighted by molar-refractivity contribution is 5.10. The Bertz CT molecular complexity index is 466. The van der Waals surface area contributed by atoms with E-state index < -0.39 is 0 Å². The Morgan fingerprint density at radius 1 is 1.35 bits per heavy atom. The number of hydrogen-bond donors (Lipinski definition) is 1. The van der Waals surface area contributed by atoms with Crippen LogP contribution >= 0.6 is 0 Å². The van der Waals surface area contributed by atoms with E-state index in [0.717, 1.165) is 55.4 Å². The zero-order valence-corrected chi connectivity index (χ0v) is 12.5. The van der Waals surface area contributed by atoms with Gasteiger partial charge in [-0.1, -0.05) is 31.2 Å². The van der Waals surface area contributed by atoms with Gasteiger partial charge < -0.3 is 9.84 Å². The lowest BCUT2D eigenvalue weighted by Crippen LogP contribution is -2.26. The van der Waals surface area contributed by atoms with Crippen molar-refractivity contribution in [3.63, 3.8) is 0 Å². The predicted octanol–water partition coefficient (Wildman–Crippen LogP) is 2.93. The van der Waals surface area contributed by atoms with Crippen molar-refractivity contribution in [1.29, 1.82) is 0 Å². The molecule has 3 atom stereocenters. The van der Waals surface area contributed by atoms with Crippen LogP contribution in [0.5, 0.6) is 0 Å². The van der Waals surface area contributed by atoms with E-state index in [1.807, 2.05) is 0 Å². The molecular weight excluding hydrogens is 250 g/mol. The normalized spacial score (nSPS) is 27.9. The average molecular weight is 275 g/mol. The summed E-state index contributed by atoms with van der Waals surface area (Å²) < 4.78 is 5.25. The molecule has 0 unspecified atom stereocenters. The highest BCUT2D eigenvalue weighted by Crippen LogP contribution is 2.42. The lowest BCUT2D eigenvalue weighted by atomic mass is 9.93. The smallest absolute Gasteiger partial charge is 0.226 e. The topological polar surface area (TPSA) is 51.0 Å². The molecule has 2 bridgehead atoms. The zero-order valence-electron chi connectivity index (χ0n) is 12.5. The Hall–Kier alpha value is -1.16. The van der Waals surface area contributed by atoms with Crippen molar-refractivity contribution >= 4 is 0 Å². The Kier molecular flexibility index (Phi) is 4.20. The highest BCUT2D eigenvalue weighted by atomic mass is 16.5. The molecule has 1 N–H and O–H groups in total. The highest BCUT2D eigenvalue weighted by Gasteiger charge is 2.34. The van der Waals surface area contributed by atoms with Crippen LogP contribution in [0.25, 0.3) is 0 Å². The first-order valence-corrected chi connectivity index (χ1v) is 7.94. The third-order valence-corrected chi connectivity index (χ3v) is 4.57. The van der Waals surface area contributed by atoms with E-state index in [9.17, 15) is 0 Å². The minimum Gasteiger partial charge on any atom is -0.339 e. The van der Waals surface area contributed by atoms with Crippen LogP contribution in [0.15, 0.2) is 16.7 Å². The van der Waals surface area contributed by atoms with Crippen molar-refractivity contribution in [3.8, 4) is 0 Å². The van der Waals surface area contributed by atoms with Crippen molar-refractivity contribution in [2.75, 3.05) is 13.1 Å². The van der Waals surface area contributed by atoms with Crippen LogP contribution in [0.3, 0.4) is 0 Å². The van der Waals surface area contributed by atoms with E-state index >= 15 is 0 Å². The molecule has 3 rings (SSSR count). The average Bonchev–Trinajstić information content (AvgIpc) is 3.14. The van der Waals surface area contributed by atoms with Gasteiger partial charge in [0.05, 0.1) is 0 Å². The van der Waals surface area contributed by atoms with Crippen molar-refractivity contribution in [1.82, 2.24) is 15.5 Å². The van der Waals surface area contributed by atoms with E-state index in [2.05, 4.69) is 41.5 Å². The summed E-state index contributed by atoms with van der Waals surface area (Å²) in [5, 5.41) is 7.58. The van der Waals surface area contributed by atoms with Crippen molar-refractivity contribution in [2.24, 2.45) is 17.8 Å². The molecule has 2 aliphatic carbocycles. The molecule has 1 aromatic rings. The van der Waals surface area contributed by atoms with Gasteiger partial charge in [0.15, 0.2) is 5.82 Å². The van der Waals surface area contributed by atoms with E-state index in [4.69, 9.17) is 4.52 Å². The molecule has 1 heterocycles. The minimum atomic E-state index is 0.344. The fraction of sp³-hybridized carbons (Fsp3) is 0.750. The lowest BCUT2D eigenvalue weighted by molar-refractivity contribution is 0.364. The Labute approximate surface area is 121 Å². The molecule has 0 aromatic carbocycles. The van der Waals surface area contributed by atoms with Crippen LogP contribution in [-0.2, 0) is 6.42 Å². The molecule has 0 radical (unpaired) electrons. The van der Waals surface area contributed by atoms with E-state index in [1.54, 1.807) is 0 Å². The maximum atomic E-state index is 5.25. The predicted molar refractivity (Wildman–Crippen MR) is 78.4 cm³/mol. The number of hydrogen-bond acceptors (Lipinski definition) is 4. The molecule has 4 heteroatoms. The van der Waals surface area contributed by atoms with Gasteiger partial charge in [0.1, 0.15) is 0 Å². The molecule has 0 saturated heterocycles. The molecule has 4 nitrogen and oxygen atoms in total. The zero-order chi connectivity index (χ0) is 13.9. The van der Waals surface area contributed by atoms with Gasteiger partial charge in [0.2, 0.25) is 5.89 Å². The van der Waals surface area contributed by atoms with Crippen LogP contribution in [0.2, 0.25) is 0 Å². The molecule has 1 fully saturated rings. The Morgan fingerprint density at radius 3 is 2.90 bits per heavy atom. The summed E-state index contributed by atoms with van der Waals surface area (Å²) in [5.74, 6) is 4.52. The molecule has 20 heavy (non-hydrogen) atoms. The minimum absolute atomic E-state index is 0.344. The van der Waals surface area contributed by atoms with Gasteiger partial charge in [-0.3, -0.25) is 0 Å². The fourth-order valence-electron chi connectivity index (χ4n) is 3.39. The van der Waals surface area contributed by atoms with Crippen molar-refractivity contribution < 1.29 is 4.52 Å². The number of fused-ring (bicyclic) bond motifs is 2. The third-order valence-electron chi connectivity index (χ3n) is 4.57. The van der Waals surface area contributed by atoms with E-state index in [-0.39, 0.29) is 0 Å². The van der Waals surface area contributed by atoms with Gasteiger partial charge in [0, 0.05) is 12.3 Å². The summed E-state index contributed by atoms with van der Waals surface area (Å²) in [7, 11) is 0. The van der Waals surface area contributed by atoms with Gasteiger partial charge >= 0.3 is 0 Å². The number of nitrogens with zero attached hydrogens (tertiary/aromatic N) is 2. The summed E-state index contributed by atoms with van der Waals surface area (Å²) >= 11 is 0.